The third-order valence-corrected chi connectivity index (χ3v) is 6.73. The fourth-order valence-corrected chi connectivity index (χ4v) is 4.68. The number of hydrogen-bond donors (Lipinski definition) is 2. The highest BCUT2D eigenvalue weighted by molar-refractivity contribution is 5.52. The molecule has 196 valence electrons. The molecule has 4 rings (SSSR count). The molecule has 2 N–H and O–H groups in total. The number of likely N-dealkylation sites (N-methyl/N-ethyl adjacent to an activating group) is 1. The Hall–Kier alpha value is -3.26. The zero-order valence-electron chi connectivity index (χ0n) is 22.4. The van der Waals surface area contributed by atoms with Crippen molar-refractivity contribution in [3.05, 3.63) is 94.0 Å². The molecule has 1 aromatic heterocycles. The summed E-state index contributed by atoms with van der Waals surface area (Å²) in [5.74, 6) is 0.426. The van der Waals surface area contributed by atoms with Gasteiger partial charge in [0.05, 0.1) is 0 Å². The Morgan fingerprint density at radius 3 is 2.51 bits per heavy atom. The van der Waals surface area contributed by atoms with Gasteiger partial charge in [0.15, 0.2) is 5.82 Å². The molecule has 1 aliphatic heterocycles. The van der Waals surface area contributed by atoms with Crippen LogP contribution in [0.2, 0.25) is 0 Å². The van der Waals surface area contributed by atoms with Crippen molar-refractivity contribution >= 4 is 11.9 Å². The Balaban J connectivity index is 1.30. The molecule has 1 saturated heterocycles. The topological polar surface area (TPSA) is 65.4 Å². The van der Waals surface area contributed by atoms with Gasteiger partial charge in [0, 0.05) is 63.4 Å². The van der Waals surface area contributed by atoms with Crippen LogP contribution in [0, 0.1) is 0 Å². The number of rotatable bonds is 11. The zero-order valence-corrected chi connectivity index (χ0v) is 22.4. The summed E-state index contributed by atoms with van der Waals surface area (Å²) in [6.07, 6.45) is 7.68. The average Bonchev–Trinajstić information content (AvgIpc) is 2.90. The van der Waals surface area contributed by atoms with Crippen molar-refractivity contribution in [2.75, 3.05) is 52.1 Å². The minimum Gasteiger partial charge on any atom is -0.363 e. The number of hydrogen-bond acceptors (Lipinski definition) is 6. The average molecular weight is 501 g/mol. The van der Waals surface area contributed by atoms with Crippen molar-refractivity contribution < 1.29 is 0 Å². The lowest BCUT2D eigenvalue weighted by Crippen LogP contribution is -2.41. The lowest BCUT2D eigenvalue weighted by Gasteiger charge is -2.32. The Morgan fingerprint density at radius 2 is 1.81 bits per heavy atom. The Kier molecular flexibility index (Phi) is 9.65. The van der Waals surface area contributed by atoms with Gasteiger partial charge in [0.25, 0.3) is 5.56 Å². The molecule has 37 heavy (non-hydrogen) atoms. The molecule has 0 saturated carbocycles. The summed E-state index contributed by atoms with van der Waals surface area (Å²) in [6, 6.07) is 18.9. The molecule has 7 nitrogen and oxygen atoms in total. The lowest BCUT2D eigenvalue weighted by atomic mass is 10.0. The maximum Gasteiger partial charge on any atom is 0.297 e. The van der Waals surface area contributed by atoms with Crippen molar-refractivity contribution in [3.8, 4) is 5.69 Å². The van der Waals surface area contributed by atoms with E-state index in [9.17, 15) is 4.79 Å². The van der Waals surface area contributed by atoms with E-state index < -0.39 is 0 Å². The predicted molar refractivity (Wildman–Crippen MR) is 153 cm³/mol. The Bertz CT molecular complexity index is 1190. The van der Waals surface area contributed by atoms with Crippen LogP contribution in [0.25, 0.3) is 11.8 Å². The van der Waals surface area contributed by atoms with E-state index in [1.807, 2.05) is 18.2 Å². The molecule has 0 aliphatic carbocycles. The van der Waals surface area contributed by atoms with Gasteiger partial charge in [-0.05, 0) is 57.1 Å². The van der Waals surface area contributed by atoms with Gasteiger partial charge in [-0.15, -0.1) is 0 Å². The van der Waals surface area contributed by atoms with E-state index in [1.54, 1.807) is 17.0 Å². The summed E-state index contributed by atoms with van der Waals surface area (Å²) in [6.45, 7) is 7.93. The molecule has 3 aromatic rings. The largest absolute Gasteiger partial charge is 0.363 e. The van der Waals surface area contributed by atoms with Crippen LogP contribution in [0.4, 0.5) is 5.82 Å². The highest BCUT2D eigenvalue weighted by Crippen LogP contribution is 2.16. The predicted octanol–water partition coefficient (Wildman–Crippen LogP) is 3.86. The van der Waals surface area contributed by atoms with Crippen molar-refractivity contribution in [1.29, 1.82) is 0 Å². The molecule has 0 unspecified atom stereocenters. The number of aromatic nitrogens is 2. The zero-order chi connectivity index (χ0) is 26.0. The van der Waals surface area contributed by atoms with E-state index in [-0.39, 0.29) is 11.6 Å². The molecule has 0 bridgehead atoms. The van der Waals surface area contributed by atoms with E-state index in [2.05, 4.69) is 88.9 Å². The van der Waals surface area contributed by atoms with E-state index in [0.29, 0.717) is 5.82 Å². The summed E-state index contributed by atoms with van der Waals surface area (Å²) in [7, 11) is 4.14. The van der Waals surface area contributed by atoms with Gasteiger partial charge in [0.2, 0.25) is 0 Å². The number of nitrogens with zero attached hydrogens (tertiary/aromatic N) is 4. The van der Waals surface area contributed by atoms with E-state index in [1.165, 1.54) is 16.7 Å². The third kappa shape index (κ3) is 8.12. The summed E-state index contributed by atoms with van der Waals surface area (Å²) < 4.78 is 1.67. The fraction of sp³-hybridized carbons (Fsp3) is 0.400. The van der Waals surface area contributed by atoms with Crippen molar-refractivity contribution in [2.45, 2.75) is 32.4 Å². The molecule has 2 heterocycles. The first-order valence-electron chi connectivity index (χ1n) is 13.2. The Morgan fingerprint density at radius 1 is 1.08 bits per heavy atom. The van der Waals surface area contributed by atoms with Gasteiger partial charge >= 0.3 is 0 Å². The second-order valence-electron chi connectivity index (χ2n) is 10.2. The summed E-state index contributed by atoms with van der Waals surface area (Å²) in [4.78, 5) is 22.2. The molecule has 1 fully saturated rings. The van der Waals surface area contributed by atoms with Gasteiger partial charge in [-0.1, -0.05) is 54.1 Å². The second-order valence-corrected chi connectivity index (χ2v) is 10.2. The first kappa shape index (κ1) is 26.8. The quantitative estimate of drug-likeness (QED) is 0.390. The normalized spacial score (nSPS) is 15.3. The van der Waals surface area contributed by atoms with Gasteiger partial charge < -0.3 is 15.5 Å². The molecule has 0 amide bonds. The molecular weight excluding hydrogens is 460 g/mol. The van der Waals surface area contributed by atoms with Gasteiger partial charge in [-0.2, -0.15) is 0 Å². The number of benzene rings is 2. The first-order valence-corrected chi connectivity index (χ1v) is 13.2. The fourth-order valence-electron chi connectivity index (χ4n) is 4.68. The van der Waals surface area contributed by atoms with Crippen LogP contribution < -0.4 is 16.2 Å². The molecule has 7 heteroatoms. The third-order valence-electron chi connectivity index (χ3n) is 6.73. The molecule has 1 aliphatic rings. The SMILES string of the molecule is C/C(=C\c1ccccc1)CN1CCC(Nc2nccn(-c3ccc(CNCCN(C)C)cc3)c2=O)CC1. The van der Waals surface area contributed by atoms with E-state index in [4.69, 9.17) is 0 Å². The highest BCUT2D eigenvalue weighted by atomic mass is 16.1. The van der Waals surface area contributed by atoms with Crippen LogP contribution in [0.1, 0.15) is 30.9 Å². The minimum atomic E-state index is -0.108. The van der Waals surface area contributed by atoms with Crippen LogP contribution in [0.5, 0.6) is 0 Å². The standard InChI is InChI=1S/C30H40N6O/c1-24(21-25-7-5-4-6-8-25)23-35-17-13-27(14-18-35)33-29-30(37)36(20-16-32-29)28-11-9-26(10-12-28)22-31-15-19-34(2)3/h4-12,16,20-21,27,31H,13-15,17-19,22-23H2,1-3H3,(H,32,33)/b24-21+. The van der Waals surface area contributed by atoms with Crippen LogP contribution in [0.15, 0.2) is 77.4 Å². The maximum absolute atomic E-state index is 13.2. The summed E-state index contributed by atoms with van der Waals surface area (Å²) in [5.41, 5.74) is 4.55. The number of nitrogens with one attached hydrogen (secondary N) is 2. The summed E-state index contributed by atoms with van der Waals surface area (Å²) in [5, 5.41) is 6.87. The second kappa shape index (κ2) is 13.3. The minimum absolute atomic E-state index is 0.108. The van der Waals surface area contributed by atoms with Gasteiger partial charge in [-0.25, -0.2) is 4.98 Å². The van der Waals surface area contributed by atoms with Gasteiger partial charge in [-0.3, -0.25) is 14.3 Å². The Labute approximate surface area is 220 Å². The number of likely N-dealkylation sites (tertiary alicyclic amines) is 1. The monoisotopic (exact) mass is 500 g/mol. The lowest BCUT2D eigenvalue weighted by molar-refractivity contribution is 0.236. The number of piperidine rings is 1. The van der Waals surface area contributed by atoms with Crippen molar-refractivity contribution in [2.24, 2.45) is 0 Å². The van der Waals surface area contributed by atoms with Crippen LogP contribution >= 0.6 is 0 Å². The first-order chi connectivity index (χ1) is 18.0. The van der Waals surface area contributed by atoms with Crippen molar-refractivity contribution in [3.63, 3.8) is 0 Å². The molecule has 0 radical (unpaired) electrons. The van der Waals surface area contributed by atoms with Gasteiger partial charge in [0.1, 0.15) is 0 Å². The molecule has 0 spiro atoms. The van der Waals surface area contributed by atoms with E-state index in [0.717, 1.165) is 57.8 Å². The van der Waals surface area contributed by atoms with Crippen LogP contribution in [0.3, 0.4) is 0 Å². The van der Waals surface area contributed by atoms with E-state index >= 15 is 0 Å². The smallest absolute Gasteiger partial charge is 0.297 e. The highest BCUT2D eigenvalue weighted by Gasteiger charge is 2.20. The van der Waals surface area contributed by atoms with Crippen LogP contribution in [-0.2, 0) is 6.54 Å². The van der Waals surface area contributed by atoms with Crippen molar-refractivity contribution in [1.82, 2.24) is 24.7 Å². The molecule has 2 aromatic carbocycles. The maximum atomic E-state index is 13.2. The number of anilines is 1. The van der Waals surface area contributed by atoms with Crippen LogP contribution in [-0.4, -0.2) is 72.2 Å². The molecule has 0 atom stereocenters. The summed E-state index contributed by atoms with van der Waals surface area (Å²) >= 11 is 0. The molecular formula is C30H40N6O.